The quantitative estimate of drug-likeness (QED) is 0.388. The SMILES string of the molecule is CCCCCC(S)CCC(S)CCCC. The Hall–Kier alpha value is 0.700. The third kappa shape index (κ3) is 11.0. The Morgan fingerprint density at radius 1 is 0.667 bits per heavy atom. The van der Waals surface area contributed by atoms with E-state index in [0.717, 1.165) is 0 Å². The molecule has 2 unspecified atom stereocenters. The summed E-state index contributed by atoms with van der Waals surface area (Å²) in [5.41, 5.74) is 0. The smallest absolute Gasteiger partial charge is 0.00172 e. The van der Waals surface area contributed by atoms with Crippen LogP contribution >= 0.6 is 25.3 Å². The Balaban J connectivity index is 3.31. The lowest BCUT2D eigenvalue weighted by Crippen LogP contribution is -2.05. The predicted octanol–water partition coefficient (Wildman–Crippen LogP) is 5.13. The van der Waals surface area contributed by atoms with Crippen molar-refractivity contribution in [1.29, 1.82) is 0 Å². The molecule has 0 nitrogen and oxygen atoms in total. The minimum absolute atomic E-state index is 0.603. The highest BCUT2D eigenvalue weighted by Crippen LogP contribution is 2.19. The highest BCUT2D eigenvalue weighted by molar-refractivity contribution is 7.81. The van der Waals surface area contributed by atoms with Gasteiger partial charge in [0.15, 0.2) is 0 Å². The Kier molecular flexibility index (Phi) is 11.7. The Morgan fingerprint density at radius 3 is 1.60 bits per heavy atom. The van der Waals surface area contributed by atoms with E-state index in [2.05, 4.69) is 39.1 Å². The molecule has 2 heteroatoms. The Labute approximate surface area is 107 Å². The molecule has 0 rings (SSSR count). The molecular weight excluding hydrogens is 220 g/mol. The van der Waals surface area contributed by atoms with Crippen LogP contribution in [0, 0.1) is 0 Å². The van der Waals surface area contributed by atoms with Crippen LogP contribution in [0.2, 0.25) is 0 Å². The van der Waals surface area contributed by atoms with Crippen molar-refractivity contribution in [3.8, 4) is 0 Å². The highest BCUT2D eigenvalue weighted by Gasteiger charge is 2.07. The summed E-state index contributed by atoms with van der Waals surface area (Å²) in [6.45, 7) is 4.49. The van der Waals surface area contributed by atoms with Crippen molar-refractivity contribution < 1.29 is 0 Å². The summed E-state index contributed by atoms with van der Waals surface area (Å²) in [5.74, 6) is 0. The molecule has 0 fully saturated rings. The molecule has 0 N–H and O–H groups in total. The van der Waals surface area contributed by atoms with Crippen LogP contribution in [0.4, 0.5) is 0 Å². The average molecular weight is 249 g/mol. The maximum absolute atomic E-state index is 4.63. The van der Waals surface area contributed by atoms with Crippen molar-refractivity contribution in [2.24, 2.45) is 0 Å². The van der Waals surface area contributed by atoms with Gasteiger partial charge in [-0.25, -0.2) is 0 Å². The molecule has 0 spiro atoms. The van der Waals surface area contributed by atoms with Gasteiger partial charge < -0.3 is 0 Å². The summed E-state index contributed by atoms with van der Waals surface area (Å²) in [7, 11) is 0. The fraction of sp³-hybridized carbons (Fsp3) is 1.00. The number of thiol groups is 2. The van der Waals surface area contributed by atoms with Gasteiger partial charge in [-0.15, -0.1) is 0 Å². The van der Waals surface area contributed by atoms with Crippen LogP contribution in [-0.4, -0.2) is 10.5 Å². The van der Waals surface area contributed by atoms with Crippen LogP contribution in [0.15, 0.2) is 0 Å². The molecule has 0 saturated heterocycles. The third-order valence-electron chi connectivity index (χ3n) is 2.86. The summed E-state index contributed by atoms with van der Waals surface area (Å²) in [5, 5.41) is 1.21. The van der Waals surface area contributed by atoms with Gasteiger partial charge >= 0.3 is 0 Å². The van der Waals surface area contributed by atoms with Gasteiger partial charge in [0.2, 0.25) is 0 Å². The first-order valence-electron chi connectivity index (χ1n) is 6.56. The molecule has 0 radical (unpaired) electrons. The van der Waals surface area contributed by atoms with E-state index >= 15 is 0 Å². The number of rotatable bonds is 10. The Bertz CT molecular complexity index is 126. The fourth-order valence-electron chi connectivity index (χ4n) is 1.74. The topological polar surface area (TPSA) is 0 Å². The zero-order valence-corrected chi connectivity index (χ0v) is 12.2. The second kappa shape index (κ2) is 11.2. The molecule has 0 bridgehead atoms. The van der Waals surface area contributed by atoms with Crippen LogP contribution < -0.4 is 0 Å². The Morgan fingerprint density at radius 2 is 1.13 bits per heavy atom. The lowest BCUT2D eigenvalue weighted by Gasteiger charge is -2.14. The van der Waals surface area contributed by atoms with Crippen molar-refractivity contribution in [2.45, 2.75) is 82.1 Å². The normalized spacial score (nSPS) is 15.2. The lowest BCUT2D eigenvalue weighted by atomic mass is 10.1. The first-order chi connectivity index (χ1) is 7.20. The average Bonchev–Trinajstić information content (AvgIpc) is 2.24. The first kappa shape index (κ1) is 15.7. The molecule has 0 aromatic carbocycles. The lowest BCUT2D eigenvalue weighted by molar-refractivity contribution is 0.575. The van der Waals surface area contributed by atoms with E-state index in [4.69, 9.17) is 0 Å². The molecule has 0 heterocycles. The first-order valence-corrected chi connectivity index (χ1v) is 7.60. The van der Waals surface area contributed by atoms with E-state index in [0.29, 0.717) is 10.5 Å². The van der Waals surface area contributed by atoms with Crippen molar-refractivity contribution in [3.05, 3.63) is 0 Å². The van der Waals surface area contributed by atoms with E-state index in [1.54, 1.807) is 0 Å². The largest absolute Gasteiger partial charge is 0.176 e. The highest BCUT2D eigenvalue weighted by atomic mass is 32.1. The van der Waals surface area contributed by atoms with E-state index in [-0.39, 0.29) is 0 Å². The van der Waals surface area contributed by atoms with Crippen molar-refractivity contribution >= 4 is 25.3 Å². The number of hydrogen-bond donors (Lipinski definition) is 2. The standard InChI is InChI=1S/C13H28S2/c1-3-5-7-9-13(15)11-10-12(14)8-6-4-2/h12-15H,3-11H2,1-2H3. The zero-order chi connectivity index (χ0) is 11.5. The second-order valence-electron chi connectivity index (χ2n) is 4.52. The summed E-state index contributed by atoms with van der Waals surface area (Å²) < 4.78 is 0. The third-order valence-corrected chi connectivity index (χ3v) is 3.90. The minimum atomic E-state index is 0.603. The van der Waals surface area contributed by atoms with E-state index in [1.165, 1.54) is 57.8 Å². The van der Waals surface area contributed by atoms with Gasteiger partial charge in [-0.2, -0.15) is 25.3 Å². The molecule has 0 amide bonds. The number of unbranched alkanes of at least 4 members (excludes halogenated alkanes) is 3. The molecule has 0 aromatic heterocycles. The summed E-state index contributed by atoms with van der Waals surface area (Å²) in [6, 6.07) is 0. The molecule has 0 aliphatic rings. The van der Waals surface area contributed by atoms with E-state index in [9.17, 15) is 0 Å². The van der Waals surface area contributed by atoms with Crippen LogP contribution in [-0.2, 0) is 0 Å². The van der Waals surface area contributed by atoms with Crippen LogP contribution in [0.3, 0.4) is 0 Å². The molecule has 15 heavy (non-hydrogen) atoms. The molecule has 0 saturated carbocycles. The van der Waals surface area contributed by atoms with Gasteiger partial charge in [0, 0.05) is 10.5 Å². The number of hydrogen-bond acceptors (Lipinski definition) is 2. The van der Waals surface area contributed by atoms with Crippen molar-refractivity contribution in [2.75, 3.05) is 0 Å². The summed E-state index contributed by atoms with van der Waals surface area (Å²) in [4.78, 5) is 0. The van der Waals surface area contributed by atoms with Crippen molar-refractivity contribution in [3.63, 3.8) is 0 Å². The van der Waals surface area contributed by atoms with Gasteiger partial charge in [0.25, 0.3) is 0 Å². The van der Waals surface area contributed by atoms with E-state index < -0.39 is 0 Å². The summed E-state index contributed by atoms with van der Waals surface area (Å²) in [6.07, 6.45) is 11.7. The fourth-order valence-corrected chi connectivity index (χ4v) is 2.41. The van der Waals surface area contributed by atoms with Crippen LogP contribution in [0.5, 0.6) is 0 Å². The molecule has 0 aliphatic carbocycles. The molecular formula is C13H28S2. The van der Waals surface area contributed by atoms with Gasteiger partial charge in [-0.3, -0.25) is 0 Å². The molecule has 0 aromatic rings. The monoisotopic (exact) mass is 248 g/mol. The molecule has 0 aliphatic heterocycles. The predicted molar refractivity (Wildman–Crippen MR) is 78.4 cm³/mol. The van der Waals surface area contributed by atoms with Gasteiger partial charge in [0.1, 0.15) is 0 Å². The maximum Gasteiger partial charge on any atom is 0.00172 e. The van der Waals surface area contributed by atoms with Crippen molar-refractivity contribution in [1.82, 2.24) is 0 Å². The molecule has 2 atom stereocenters. The summed E-state index contributed by atoms with van der Waals surface area (Å²) >= 11 is 9.25. The second-order valence-corrected chi connectivity index (χ2v) is 5.98. The van der Waals surface area contributed by atoms with Crippen LogP contribution in [0.25, 0.3) is 0 Å². The minimum Gasteiger partial charge on any atom is -0.176 e. The van der Waals surface area contributed by atoms with E-state index in [1.807, 2.05) is 0 Å². The van der Waals surface area contributed by atoms with Gasteiger partial charge in [0.05, 0.1) is 0 Å². The van der Waals surface area contributed by atoms with Crippen LogP contribution in [0.1, 0.15) is 71.6 Å². The molecule has 92 valence electrons. The maximum atomic E-state index is 4.63. The van der Waals surface area contributed by atoms with Gasteiger partial charge in [-0.05, 0) is 25.7 Å². The zero-order valence-electron chi connectivity index (χ0n) is 10.4. The van der Waals surface area contributed by atoms with Gasteiger partial charge in [-0.1, -0.05) is 46.0 Å².